The molecule has 0 radical (unpaired) electrons. The van der Waals surface area contributed by atoms with E-state index in [0.29, 0.717) is 23.3 Å². The summed E-state index contributed by atoms with van der Waals surface area (Å²) in [6.07, 6.45) is 3.60. The summed E-state index contributed by atoms with van der Waals surface area (Å²) >= 11 is 3.30. The molecule has 1 fully saturated rings. The number of carbonyl (C=O) groups excluding carboxylic acids is 2. The summed E-state index contributed by atoms with van der Waals surface area (Å²) in [4.78, 5) is 30.5. The monoisotopic (exact) mass is 383 g/mol. The molecule has 0 saturated carbocycles. The molecule has 2 amide bonds. The number of hydrogen-bond acceptors (Lipinski definition) is 4. The van der Waals surface area contributed by atoms with E-state index < -0.39 is 17.7 Å². The summed E-state index contributed by atoms with van der Waals surface area (Å²) < 4.78 is 5.98. The summed E-state index contributed by atoms with van der Waals surface area (Å²) in [6.45, 7) is 5.98. The predicted molar refractivity (Wildman–Crippen MR) is 91.1 cm³/mol. The van der Waals surface area contributed by atoms with Gasteiger partial charge in [0.15, 0.2) is 0 Å². The molecule has 2 rings (SSSR count). The quantitative estimate of drug-likeness (QED) is 0.792. The largest absolute Gasteiger partial charge is 0.444 e. The van der Waals surface area contributed by atoms with E-state index in [-0.39, 0.29) is 5.91 Å². The van der Waals surface area contributed by atoms with E-state index in [0.717, 1.165) is 12.8 Å². The van der Waals surface area contributed by atoms with Crippen molar-refractivity contribution in [1.82, 2.24) is 9.88 Å². The second-order valence-corrected chi connectivity index (χ2v) is 7.27. The van der Waals surface area contributed by atoms with Crippen LogP contribution >= 0.6 is 15.9 Å². The van der Waals surface area contributed by atoms with E-state index in [1.165, 1.54) is 4.90 Å². The third-order valence-electron chi connectivity index (χ3n) is 3.45. The maximum Gasteiger partial charge on any atom is 0.410 e. The SMILES string of the molecule is CC(C)(C)OC(=O)N1CCCCC1C(=O)Nc1cccnc1Br. The average molecular weight is 384 g/mol. The average Bonchev–Trinajstić information content (AvgIpc) is 2.48. The highest BCUT2D eigenvalue weighted by atomic mass is 79.9. The number of anilines is 1. The van der Waals surface area contributed by atoms with E-state index in [1.54, 1.807) is 18.3 Å². The van der Waals surface area contributed by atoms with Gasteiger partial charge in [-0.2, -0.15) is 0 Å². The number of nitrogens with one attached hydrogen (secondary N) is 1. The number of ether oxygens (including phenoxy) is 1. The van der Waals surface area contributed by atoms with Gasteiger partial charge in [-0.1, -0.05) is 0 Å². The Bertz CT molecular complexity index is 586. The second kappa shape index (κ2) is 7.29. The van der Waals surface area contributed by atoms with Crippen LogP contribution in [0.15, 0.2) is 22.9 Å². The number of piperidine rings is 1. The fourth-order valence-electron chi connectivity index (χ4n) is 2.44. The van der Waals surface area contributed by atoms with Crippen LogP contribution < -0.4 is 5.32 Å². The van der Waals surface area contributed by atoms with E-state index >= 15 is 0 Å². The molecule has 0 aromatic carbocycles. The number of nitrogens with zero attached hydrogens (tertiary/aromatic N) is 2. The van der Waals surface area contributed by atoms with Gasteiger partial charge < -0.3 is 10.1 Å². The maximum atomic E-state index is 12.6. The van der Waals surface area contributed by atoms with Crippen molar-refractivity contribution in [1.29, 1.82) is 0 Å². The second-order valence-electron chi connectivity index (χ2n) is 6.52. The number of pyridine rings is 1. The lowest BCUT2D eigenvalue weighted by molar-refractivity contribution is -0.122. The number of aromatic nitrogens is 1. The first kappa shape index (κ1) is 17.7. The van der Waals surface area contributed by atoms with Gasteiger partial charge in [-0.25, -0.2) is 9.78 Å². The fourth-order valence-corrected chi connectivity index (χ4v) is 2.79. The molecule has 126 valence electrons. The molecule has 7 heteroatoms. The first-order valence-electron chi connectivity index (χ1n) is 7.69. The van der Waals surface area contributed by atoms with E-state index in [9.17, 15) is 9.59 Å². The maximum absolute atomic E-state index is 12.6. The van der Waals surface area contributed by atoms with Crippen LogP contribution in [0, 0.1) is 0 Å². The minimum atomic E-state index is -0.581. The smallest absolute Gasteiger partial charge is 0.410 e. The van der Waals surface area contributed by atoms with Crippen LogP contribution in [-0.2, 0) is 9.53 Å². The lowest BCUT2D eigenvalue weighted by Gasteiger charge is -2.35. The summed E-state index contributed by atoms with van der Waals surface area (Å²) in [7, 11) is 0. The first-order valence-corrected chi connectivity index (χ1v) is 8.48. The summed E-state index contributed by atoms with van der Waals surface area (Å²) in [5, 5.41) is 2.83. The zero-order chi connectivity index (χ0) is 17.0. The summed E-state index contributed by atoms with van der Waals surface area (Å²) in [6, 6.07) is 2.98. The topological polar surface area (TPSA) is 71.5 Å². The van der Waals surface area contributed by atoms with Crippen LogP contribution in [0.5, 0.6) is 0 Å². The summed E-state index contributed by atoms with van der Waals surface area (Å²) in [5.41, 5.74) is 0.00860. The molecule has 1 aliphatic heterocycles. The van der Waals surface area contributed by atoms with Gasteiger partial charge in [0.25, 0.3) is 0 Å². The number of halogens is 1. The Morgan fingerprint density at radius 2 is 2.13 bits per heavy atom. The standard InChI is InChI=1S/C16H22BrN3O3/c1-16(2,3)23-15(22)20-10-5-4-8-12(20)14(21)19-11-7-6-9-18-13(11)17/h6-7,9,12H,4-5,8,10H2,1-3H3,(H,19,21). The highest BCUT2D eigenvalue weighted by Crippen LogP contribution is 2.23. The molecule has 6 nitrogen and oxygen atoms in total. The van der Waals surface area contributed by atoms with E-state index in [1.807, 2.05) is 20.8 Å². The number of rotatable bonds is 2. The Labute approximate surface area is 144 Å². The minimum Gasteiger partial charge on any atom is -0.444 e. The number of likely N-dealkylation sites (tertiary alicyclic amines) is 1. The molecule has 1 aromatic rings. The molecule has 1 N–H and O–H groups in total. The lowest BCUT2D eigenvalue weighted by Crippen LogP contribution is -2.51. The molecule has 23 heavy (non-hydrogen) atoms. The van der Waals surface area contributed by atoms with Crippen LogP contribution in [0.25, 0.3) is 0 Å². The van der Waals surface area contributed by atoms with Crippen molar-refractivity contribution in [3.8, 4) is 0 Å². The highest BCUT2D eigenvalue weighted by Gasteiger charge is 2.35. The zero-order valence-corrected chi connectivity index (χ0v) is 15.2. The molecule has 0 aliphatic carbocycles. The van der Waals surface area contributed by atoms with Gasteiger partial charge in [0.05, 0.1) is 5.69 Å². The van der Waals surface area contributed by atoms with Crippen molar-refractivity contribution in [3.05, 3.63) is 22.9 Å². The van der Waals surface area contributed by atoms with Gasteiger partial charge in [0.2, 0.25) is 5.91 Å². The Morgan fingerprint density at radius 1 is 1.39 bits per heavy atom. The van der Waals surface area contributed by atoms with Gasteiger partial charge in [-0.05, 0) is 68.1 Å². The van der Waals surface area contributed by atoms with E-state index in [4.69, 9.17) is 4.74 Å². The Balaban J connectivity index is 2.10. The fraction of sp³-hybridized carbons (Fsp3) is 0.562. The predicted octanol–water partition coefficient (Wildman–Crippen LogP) is 3.57. The zero-order valence-electron chi connectivity index (χ0n) is 13.6. The Morgan fingerprint density at radius 3 is 2.78 bits per heavy atom. The van der Waals surface area contributed by atoms with Crippen LogP contribution in [0.2, 0.25) is 0 Å². The molecule has 1 atom stereocenters. The Kier molecular flexibility index (Phi) is 5.62. The van der Waals surface area contributed by atoms with Crippen molar-refractivity contribution in [2.45, 2.75) is 51.7 Å². The van der Waals surface area contributed by atoms with Crippen LogP contribution in [0.3, 0.4) is 0 Å². The molecule has 1 aromatic heterocycles. The van der Waals surface area contributed by atoms with Crippen LogP contribution in [-0.4, -0.2) is 40.1 Å². The third kappa shape index (κ3) is 4.92. The van der Waals surface area contributed by atoms with Gasteiger partial charge >= 0.3 is 6.09 Å². The van der Waals surface area contributed by atoms with Gasteiger partial charge in [0.1, 0.15) is 16.2 Å². The van der Waals surface area contributed by atoms with Crippen molar-refractivity contribution in [2.75, 3.05) is 11.9 Å². The van der Waals surface area contributed by atoms with Crippen molar-refractivity contribution < 1.29 is 14.3 Å². The van der Waals surface area contributed by atoms with Crippen molar-refractivity contribution in [2.24, 2.45) is 0 Å². The summed E-state index contributed by atoms with van der Waals surface area (Å²) in [5.74, 6) is -0.218. The number of amides is 2. The molecule has 0 spiro atoms. The van der Waals surface area contributed by atoms with Crippen molar-refractivity contribution in [3.63, 3.8) is 0 Å². The number of carbonyl (C=O) groups is 2. The molecule has 1 unspecified atom stereocenters. The van der Waals surface area contributed by atoms with Crippen molar-refractivity contribution >= 4 is 33.6 Å². The van der Waals surface area contributed by atoms with Gasteiger partial charge in [-0.15, -0.1) is 0 Å². The first-order chi connectivity index (χ1) is 10.8. The Hall–Kier alpha value is -1.63. The van der Waals surface area contributed by atoms with E-state index in [2.05, 4.69) is 26.2 Å². The highest BCUT2D eigenvalue weighted by molar-refractivity contribution is 9.10. The lowest BCUT2D eigenvalue weighted by atomic mass is 10.0. The molecule has 0 bridgehead atoms. The normalized spacial score (nSPS) is 18.4. The van der Waals surface area contributed by atoms with Gasteiger partial charge in [-0.3, -0.25) is 9.69 Å². The van der Waals surface area contributed by atoms with Crippen LogP contribution in [0.1, 0.15) is 40.0 Å². The third-order valence-corrected chi connectivity index (χ3v) is 4.08. The minimum absolute atomic E-state index is 0.218. The molecule has 2 heterocycles. The van der Waals surface area contributed by atoms with Gasteiger partial charge in [0, 0.05) is 12.7 Å². The molecule has 1 saturated heterocycles. The molecular formula is C16H22BrN3O3. The number of hydrogen-bond donors (Lipinski definition) is 1. The van der Waals surface area contributed by atoms with Crippen LogP contribution in [0.4, 0.5) is 10.5 Å². The molecular weight excluding hydrogens is 362 g/mol. The molecule has 1 aliphatic rings.